The molecule has 2 heteroatoms. The number of rotatable bonds is 2. The fourth-order valence-electron chi connectivity index (χ4n) is 3.93. The Labute approximate surface area is 143 Å². The third-order valence-electron chi connectivity index (χ3n) is 4.93. The highest BCUT2D eigenvalue weighted by atomic mass is 15.2. The summed E-state index contributed by atoms with van der Waals surface area (Å²) in [6.45, 7) is 0. The molecule has 0 radical (unpaired) electrons. The van der Waals surface area contributed by atoms with Crippen molar-refractivity contribution in [3.05, 3.63) is 102 Å². The van der Waals surface area contributed by atoms with Crippen molar-refractivity contribution in [3.63, 3.8) is 0 Å². The highest BCUT2D eigenvalue weighted by molar-refractivity contribution is 5.81. The van der Waals surface area contributed by atoms with Crippen LogP contribution in [0.25, 0.3) is 0 Å². The first-order valence-corrected chi connectivity index (χ1v) is 8.26. The third-order valence-corrected chi connectivity index (χ3v) is 4.93. The summed E-state index contributed by atoms with van der Waals surface area (Å²) >= 11 is 0. The summed E-state index contributed by atoms with van der Waals surface area (Å²) in [7, 11) is 4.27. The molecule has 0 fully saturated rings. The molecule has 0 unspecified atom stereocenters. The molecule has 0 spiro atoms. The Morgan fingerprint density at radius 2 is 1.21 bits per heavy atom. The number of hydrogen-bond acceptors (Lipinski definition) is 1. The maximum Gasteiger partial charge on any atom is 0.240 e. The van der Waals surface area contributed by atoms with E-state index in [0.29, 0.717) is 0 Å². The number of fused-ring (bicyclic) bond motifs is 1. The van der Waals surface area contributed by atoms with Crippen LogP contribution < -0.4 is 4.90 Å². The minimum absolute atomic E-state index is 0.328. The van der Waals surface area contributed by atoms with Crippen LogP contribution in [0.4, 0.5) is 5.69 Å². The first-order valence-electron chi connectivity index (χ1n) is 8.26. The van der Waals surface area contributed by atoms with Gasteiger partial charge in [-0.1, -0.05) is 72.8 Å². The summed E-state index contributed by atoms with van der Waals surface area (Å²) < 4.78 is 2.32. The summed E-state index contributed by atoms with van der Waals surface area (Å²) in [5.74, 6) is 0. The molecular formula is C22H21N2+. The van der Waals surface area contributed by atoms with Gasteiger partial charge in [-0.15, -0.1) is 0 Å². The Morgan fingerprint density at radius 3 is 1.79 bits per heavy atom. The van der Waals surface area contributed by atoms with Gasteiger partial charge >= 0.3 is 0 Å². The molecule has 0 aliphatic carbocycles. The number of anilines is 1. The van der Waals surface area contributed by atoms with E-state index in [1.54, 1.807) is 0 Å². The van der Waals surface area contributed by atoms with Crippen LogP contribution in [0.2, 0.25) is 0 Å². The SMILES string of the molecule is CN1C=[N+](C)C(c2ccccc2)(c2ccccc2)c2ccccc21. The molecule has 0 saturated carbocycles. The van der Waals surface area contributed by atoms with E-state index >= 15 is 0 Å². The molecule has 3 aromatic carbocycles. The number of hydrogen-bond donors (Lipinski definition) is 0. The third kappa shape index (κ3) is 2.00. The monoisotopic (exact) mass is 313 g/mol. The van der Waals surface area contributed by atoms with Gasteiger partial charge in [0.25, 0.3) is 0 Å². The first-order chi connectivity index (χ1) is 11.7. The van der Waals surface area contributed by atoms with Crippen LogP contribution in [0.15, 0.2) is 84.9 Å². The van der Waals surface area contributed by atoms with Gasteiger partial charge in [0.2, 0.25) is 6.34 Å². The normalized spacial score (nSPS) is 15.6. The predicted molar refractivity (Wildman–Crippen MR) is 99.9 cm³/mol. The van der Waals surface area contributed by atoms with Crippen molar-refractivity contribution in [1.82, 2.24) is 0 Å². The van der Waals surface area contributed by atoms with Crippen molar-refractivity contribution < 1.29 is 4.58 Å². The van der Waals surface area contributed by atoms with Gasteiger partial charge in [-0.3, -0.25) is 4.58 Å². The lowest BCUT2D eigenvalue weighted by atomic mass is 9.75. The molecule has 118 valence electrons. The molecule has 1 aliphatic heterocycles. The van der Waals surface area contributed by atoms with Gasteiger partial charge in [-0.05, 0) is 12.1 Å². The molecule has 0 bridgehead atoms. The van der Waals surface area contributed by atoms with Crippen LogP contribution >= 0.6 is 0 Å². The van der Waals surface area contributed by atoms with E-state index in [2.05, 4.69) is 115 Å². The lowest BCUT2D eigenvalue weighted by Gasteiger charge is -2.38. The second-order valence-electron chi connectivity index (χ2n) is 6.30. The Bertz CT molecular complexity index is 843. The van der Waals surface area contributed by atoms with Crippen molar-refractivity contribution in [2.75, 3.05) is 19.0 Å². The largest absolute Gasteiger partial charge is 0.252 e. The lowest BCUT2D eigenvalue weighted by Crippen LogP contribution is -2.47. The fourth-order valence-corrected chi connectivity index (χ4v) is 3.93. The van der Waals surface area contributed by atoms with Crippen LogP contribution in [0.1, 0.15) is 16.7 Å². The molecule has 0 aromatic heterocycles. The van der Waals surface area contributed by atoms with Gasteiger partial charge in [0.05, 0.1) is 19.7 Å². The molecule has 24 heavy (non-hydrogen) atoms. The van der Waals surface area contributed by atoms with E-state index in [1.165, 1.54) is 22.4 Å². The van der Waals surface area contributed by atoms with Crippen molar-refractivity contribution in [2.45, 2.75) is 5.54 Å². The molecule has 0 amide bonds. The molecule has 0 saturated heterocycles. The van der Waals surface area contributed by atoms with Crippen molar-refractivity contribution in [3.8, 4) is 0 Å². The van der Waals surface area contributed by atoms with Gasteiger partial charge in [-0.25, -0.2) is 4.90 Å². The van der Waals surface area contributed by atoms with Gasteiger partial charge in [0, 0.05) is 11.1 Å². The molecule has 2 nitrogen and oxygen atoms in total. The minimum Gasteiger partial charge on any atom is -0.252 e. The second kappa shape index (κ2) is 5.64. The van der Waals surface area contributed by atoms with E-state index in [4.69, 9.17) is 0 Å². The van der Waals surface area contributed by atoms with E-state index in [1.807, 2.05) is 0 Å². The van der Waals surface area contributed by atoms with E-state index < -0.39 is 0 Å². The van der Waals surface area contributed by atoms with Gasteiger partial charge in [0.1, 0.15) is 5.69 Å². The molecular weight excluding hydrogens is 292 g/mol. The van der Waals surface area contributed by atoms with E-state index in [-0.39, 0.29) is 5.54 Å². The zero-order valence-corrected chi connectivity index (χ0v) is 14.1. The van der Waals surface area contributed by atoms with Crippen LogP contribution in [0, 0.1) is 0 Å². The maximum atomic E-state index is 2.32. The Balaban J connectivity index is 2.13. The standard InChI is InChI=1S/C22H21N2/c1-23-17-24(2)22(18-11-5-3-6-12-18,19-13-7-4-8-14-19)20-15-9-10-16-21(20)23/h3-17H,1-2H3/q+1. The van der Waals surface area contributed by atoms with Gasteiger partial charge in [0.15, 0.2) is 5.54 Å². The summed E-state index contributed by atoms with van der Waals surface area (Å²) in [4.78, 5) is 2.19. The quantitative estimate of drug-likeness (QED) is 0.646. The number of para-hydroxylation sites is 1. The van der Waals surface area contributed by atoms with Crippen LogP contribution in [-0.4, -0.2) is 25.0 Å². The van der Waals surface area contributed by atoms with Crippen LogP contribution in [-0.2, 0) is 5.54 Å². The highest BCUT2D eigenvalue weighted by Crippen LogP contribution is 2.45. The van der Waals surface area contributed by atoms with E-state index in [0.717, 1.165) is 0 Å². The average Bonchev–Trinajstić information content (AvgIpc) is 2.64. The molecule has 0 N–H and O–H groups in total. The molecule has 0 atom stereocenters. The van der Waals surface area contributed by atoms with Crippen molar-refractivity contribution in [2.24, 2.45) is 0 Å². The first kappa shape index (κ1) is 14.7. The van der Waals surface area contributed by atoms with E-state index in [9.17, 15) is 0 Å². The number of benzene rings is 3. The predicted octanol–water partition coefficient (Wildman–Crippen LogP) is 4.10. The molecule has 1 heterocycles. The maximum absolute atomic E-state index is 2.32. The lowest BCUT2D eigenvalue weighted by molar-refractivity contribution is -0.566. The Kier molecular flexibility index (Phi) is 3.46. The summed E-state index contributed by atoms with van der Waals surface area (Å²) in [5.41, 5.74) is 4.76. The summed E-state index contributed by atoms with van der Waals surface area (Å²) in [5, 5.41) is 0. The van der Waals surface area contributed by atoms with Crippen LogP contribution in [0.5, 0.6) is 0 Å². The van der Waals surface area contributed by atoms with Crippen molar-refractivity contribution in [1.29, 1.82) is 0 Å². The van der Waals surface area contributed by atoms with Crippen LogP contribution in [0.3, 0.4) is 0 Å². The average molecular weight is 313 g/mol. The summed E-state index contributed by atoms with van der Waals surface area (Å²) in [6.07, 6.45) is 2.18. The topological polar surface area (TPSA) is 6.25 Å². The van der Waals surface area contributed by atoms with Gasteiger partial charge in [-0.2, -0.15) is 0 Å². The Morgan fingerprint density at radius 1 is 0.708 bits per heavy atom. The fraction of sp³-hybridized carbons (Fsp3) is 0.136. The summed E-state index contributed by atoms with van der Waals surface area (Å²) in [6, 6.07) is 30.2. The zero-order valence-electron chi connectivity index (χ0n) is 14.1. The molecule has 3 aromatic rings. The zero-order chi connectivity index (χ0) is 16.6. The second-order valence-corrected chi connectivity index (χ2v) is 6.30. The smallest absolute Gasteiger partial charge is 0.240 e. The Hall–Kier alpha value is -2.87. The number of nitrogens with zero attached hydrogens (tertiary/aromatic N) is 2. The molecule has 4 rings (SSSR count). The molecule has 1 aliphatic rings. The highest BCUT2D eigenvalue weighted by Gasteiger charge is 2.47. The van der Waals surface area contributed by atoms with Gasteiger partial charge < -0.3 is 0 Å². The minimum atomic E-state index is -0.328. The van der Waals surface area contributed by atoms with Crippen molar-refractivity contribution >= 4 is 12.0 Å².